The molecule has 0 atom stereocenters. The highest BCUT2D eigenvalue weighted by Gasteiger charge is 2.49. The van der Waals surface area contributed by atoms with Gasteiger partial charge in [-0.2, -0.15) is 0 Å². The fourth-order valence-electron chi connectivity index (χ4n) is 5.44. The number of rotatable bonds is 5. The standard InChI is InChI=1S/C26H30FN7O2/c1-16-12-34-13-17(8-21(27)24(34)31-16)32-25(35)19-2-3-22(33-6-4-29-5-7-33)20(23(19)28)11-30-18-9-26(10-18)14-36-15-26/h2-3,8,11-13,18,29H,4-7,9-10,14-15,28H2,1H3,(H,32,35). The first-order chi connectivity index (χ1) is 17.4. The molecule has 188 valence electrons. The third kappa shape index (κ3) is 4.10. The summed E-state index contributed by atoms with van der Waals surface area (Å²) in [6.07, 6.45) is 7.23. The number of nitrogen functional groups attached to an aromatic ring is 1. The molecule has 0 unspecified atom stereocenters. The maximum absolute atomic E-state index is 14.5. The third-order valence-corrected chi connectivity index (χ3v) is 7.42. The van der Waals surface area contributed by atoms with E-state index in [0.29, 0.717) is 28.0 Å². The van der Waals surface area contributed by atoms with Gasteiger partial charge in [0.05, 0.1) is 41.9 Å². The van der Waals surface area contributed by atoms with E-state index in [1.54, 1.807) is 29.8 Å². The van der Waals surface area contributed by atoms with Gasteiger partial charge < -0.3 is 30.4 Å². The monoisotopic (exact) mass is 491 g/mol. The Morgan fingerprint density at radius 2 is 2.08 bits per heavy atom. The van der Waals surface area contributed by atoms with Gasteiger partial charge in [0.15, 0.2) is 11.5 Å². The van der Waals surface area contributed by atoms with E-state index in [1.807, 2.05) is 12.3 Å². The zero-order chi connectivity index (χ0) is 24.9. The molecule has 3 aliphatic rings. The Hall–Kier alpha value is -3.50. The highest BCUT2D eigenvalue weighted by molar-refractivity contribution is 6.11. The maximum atomic E-state index is 14.5. The molecule has 1 aliphatic carbocycles. The number of anilines is 3. The number of benzene rings is 1. The minimum Gasteiger partial charge on any atom is -0.397 e. The van der Waals surface area contributed by atoms with Gasteiger partial charge in [-0.15, -0.1) is 0 Å². The van der Waals surface area contributed by atoms with Crippen LogP contribution in [-0.4, -0.2) is 66.9 Å². The molecule has 2 aromatic heterocycles. The van der Waals surface area contributed by atoms with Crippen molar-refractivity contribution in [3.63, 3.8) is 0 Å². The number of nitrogens with one attached hydrogen (secondary N) is 2. The summed E-state index contributed by atoms with van der Waals surface area (Å²) in [5, 5.41) is 6.16. The number of hydrogen-bond acceptors (Lipinski definition) is 7. The number of amides is 1. The van der Waals surface area contributed by atoms with Crippen molar-refractivity contribution >= 4 is 34.8 Å². The van der Waals surface area contributed by atoms with Gasteiger partial charge in [0.2, 0.25) is 0 Å². The molecule has 2 saturated heterocycles. The second-order valence-electron chi connectivity index (χ2n) is 10.2. The summed E-state index contributed by atoms with van der Waals surface area (Å²) in [6.45, 7) is 6.90. The summed E-state index contributed by atoms with van der Waals surface area (Å²) >= 11 is 0. The van der Waals surface area contributed by atoms with E-state index < -0.39 is 11.7 Å². The molecule has 4 heterocycles. The van der Waals surface area contributed by atoms with Crippen LogP contribution in [0.4, 0.5) is 21.5 Å². The van der Waals surface area contributed by atoms with E-state index in [2.05, 4.69) is 20.5 Å². The molecule has 10 heteroatoms. The van der Waals surface area contributed by atoms with Gasteiger partial charge in [-0.1, -0.05) is 0 Å². The van der Waals surface area contributed by atoms with Gasteiger partial charge in [0, 0.05) is 67.5 Å². The first-order valence-corrected chi connectivity index (χ1v) is 12.4. The number of halogens is 1. The number of fused-ring (bicyclic) bond motifs is 1. The lowest BCUT2D eigenvalue weighted by Gasteiger charge is -2.51. The quantitative estimate of drug-likeness (QED) is 0.374. The highest BCUT2D eigenvalue weighted by atomic mass is 19.1. The maximum Gasteiger partial charge on any atom is 0.257 e. The van der Waals surface area contributed by atoms with E-state index >= 15 is 0 Å². The Labute approximate surface area is 208 Å². The van der Waals surface area contributed by atoms with Gasteiger partial charge in [-0.05, 0) is 31.9 Å². The third-order valence-electron chi connectivity index (χ3n) is 7.42. The number of hydrogen-bond donors (Lipinski definition) is 3. The number of pyridine rings is 1. The number of carbonyl (C=O) groups excluding carboxylic acids is 1. The SMILES string of the molecule is Cc1cn2cc(NC(=O)c3ccc(N4CCNCC4)c(C=NC4CC5(COC5)C4)c3N)cc(F)c2n1. The molecular formula is C26H30FN7O2. The fourth-order valence-corrected chi connectivity index (χ4v) is 5.44. The molecule has 9 nitrogen and oxygen atoms in total. The summed E-state index contributed by atoms with van der Waals surface area (Å²) in [7, 11) is 0. The normalized spacial score (nSPS) is 19.6. The number of nitrogens with zero attached hydrogens (tertiary/aromatic N) is 4. The number of imidazole rings is 1. The number of ether oxygens (including phenoxy) is 1. The zero-order valence-corrected chi connectivity index (χ0v) is 20.3. The fraction of sp³-hybridized carbons (Fsp3) is 0.423. The van der Waals surface area contributed by atoms with Crippen molar-refractivity contribution < 1.29 is 13.9 Å². The highest BCUT2D eigenvalue weighted by Crippen LogP contribution is 2.48. The molecule has 1 saturated carbocycles. The smallest absolute Gasteiger partial charge is 0.257 e. The van der Waals surface area contributed by atoms with E-state index in [9.17, 15) is 9.18 Å². The van der Waals surface area contributed by atoms with Crippen LogP contribution in [0.2, 0.25) is 0 Å². The van der Waals surface area contributed by atoms with Crippen molar-refractivity contribution in [2.24, 2.45) is 10.4 Å². The topological polar surface area (TPSA) is 109 Å². The van der Waals surface area contributed by atoms with Crippen LogP contribution in [0.3, 0.4) is 0 Å². The van der Waals surface area contributed by atoms with Crippen molar-refractivity contribution in [1.82, 2.24) is 14.7 Å². The number of aliphatic imine (C=N–C) groups is 1. The largest absolute Gasteiger partial charge is 0.397 e. The number of aromatic nitrogens is 2. The molecule has 4 N–H and O–H groups in total. The summed E-state index contributed by atoms with van der Waals surface area (Å²) in [5.74, 6) is -0.912. The summed E-state index contributed by atoms with van der Waals surface area (Å²) in [6, 6.07) is 5.18. The lowest BCUT2D eigenvalue weighted by molar-refractivity contribution is -0.162. The van der Waals surface area contributed by atoms with Gasteiger partial charge in [-0.25, -0.2) is 9.37 Å². The molecule has 1 aromatic carbocycles. The molecule has 2 aliphatic heterocycles. The van der Waals surface area contributed by atoms with Crippen molar-refractivity contribution in [2.45, 2.75) is 25.8 Å². The van der Waals surface area contributed by atoms with E-state index in [0.717, 1.165) is 63.5 Å². The van der Waals surface area contributed by atoms with Crippen molar-refractivity contribution in [3.8, 4) is 0 Å². The molecule has 1 amide bonds. The zero-order valence-electron chi connectivity index (χ0n) is 20.3. The van der Waals surface area contributed by atoms with Gasteiger partial charge >= 0.3 is 0 Å². The van der Waals surface area contributed by atoms with E-state index in [1.165, 1.54) is 6.07 Å². The summed E-state index contributed by atoms with van der Waals surface area (Å²) < 4.78 is 21.5. The molecule has 0 radical (unpaired) electrons. The van der Waals surface area contributed by atoms with Crippen LogP contribution >= 0.6 is 0 Å². The Bertz CT molecular complexity index is 1350. The Balaban J connectivity index is 1.29. The van der Waals surface area contributed by atoms with E-state index in [-0.39, 0.29) is 11.7 Å². The summed E-state index contributed by atoms with van der Waals surface area (Å²) in [4.78, 5) is 24.5. The molecule has 6 rings (SSSR count). The number of nitrogens with two attached hydrogens (primary N) is 1. The summed E-state index contributed by atoms with van der Waals surface area (Å²) in [5.41, 5.74) is 10.6. The van der Waals surface area contributed by atoms with Crippen LogP contribution in [0.1, 0.15) is 34.5 Å². The second kappa shape index (κ2) is 8.86. The number of piperazine rings is 1. The molecule has 3 aromatic rings. The predicted octanol–water partition coefficient (Wildman–Crippen LogP) is 2.62. The Morgan fingerprint density at radius 1 is 1.31 bits per heavy atom. The predicted molar refractivity (Wildman–Crippen MR) is 138 cm³/mol. The van der Waals surface area contributed by atoms with Gasteiger partial charge in [-0.3, -0.25) is 9.79 Å². The Morgan fingerprint density at radius 3 is 2.81 bits per heavy atom. The average Bonchev–Trinajstić information content (AvgIpc) is 3.19. The molecule has 1 spiro atoms. The van der Waals surface area contributed by atoms with Crippen LogP contribution < -0.4 is 21.3 Å². The van der Waals surface area contributed by atoms with Gasteiger partial charge in [0.25, 0.3) is 5.91 Å². The molecule has 36 heavy (non-hydrogen) atoms. The minimum atomic E-state index is -0.508. The van der Waals surface area contributed by atoms with Crippen molar-refractivity contribution in [2.75, 3.05) is 55.3 Å². The lowest BCUT2D eigenvalue weighted by atomic mass is 9.64. The van der Waals surface area contributed by atoms with Crippen LogP contribution in [-0.2, 0) is 4.74 Å². The van der Waals surface area contributed by atoms with Crippen LogP contribution in [0.25, 0.3) is 5.65 Å². The molecule has 0 bridgehead atoms. The van der Waals surface area contributed by atoms with Crippen molar-refractivity contribution in [1.29, 1.82) is 0 Å². The number of carbonyl (C=O) groups is 1. The van der Waals surface area contributed by atoms with E-state index in [4.69, 9.17) is 15.5 Å². The second-order valence-corrected chi connectivity index (χ2v) is 10.2. The van der Waals surface area contributed by atoms with Gasteiger partial charge in [0.1, 0.15) is 0 Å². The lowest BCUT2D eigenvalue weighted by Crippen LogP contribution is -2.53. The average molecular weight is 492 g/mol. The number of aryl methyl sites for hydroxylation is 1. The van der Waals surface area contributed by atoms with Crippen molar-refractivity contribution in [3.05, 3.63) is 53.2 Å². The van der Waals surface area contributed by atoms with Crippen LogP contribution in [0, 0.1) is 18.2 Å². The first-order valence-electron chi connectivity index (χ1n) is 12.4. The first kappa shape index (κ1) is 22.9. The molecular weight excluding hydrogens is 461 g/mol. The molecule has 3 fully saturated rings. The Kier molecular flexibility index (Phi) is 5.65. The van der Waals surface area contributed by atoms with Crippen LogP contribution in [0.5, 0.6) is 0 Å². The van der Waals surface area contributed by atoms with Crippen LogP contribution in [0.15, 0.2) is 35.6 Å². The minimum absolute atomic E-state index is 0.218.